The van der Waals surface area contributed by atoms with Gasteiger partial charge in [-0.05, 0) is 75.5 Å². The van der Waals surface area contributed by atoms with Gasteiger partial charge < -0.3 is 23.6 Å². The van der Waals surface area contributed by atoms with Crippen molar-refractivity contribution in [1.82, 2.24) is 19.4 Å². The molecule has 4 aromatic rings. The zero-order valence-corrected chi connectivity index (χ0v) is 23.8. The van der Waals surface area contributed by atoms with Crippen molar-refractivity contribution < 1.29 is 28.2 Å². The summed E-state index contributed by atoms with van der Waals surface area (Å²) in [5.41, 5.74) is 3.76. The number of aromatic nitrogens is 3. The molecule has 218 valence electrons. The highest BCUT2D eigenvalue weighted by molar-refractivity contribution is 5.84. The maximum atomic E-state index is 14.9. The molecule has 0 bridgehead atoms. The molecular weight excluding hydrogens is 539 g/mol. The van der Waals surface area contributed by atoms with Crippen LogP contribution in [0.25, 0.3) is 6.08 Å². The first kappa shape index (κ1) is 27.7. The minimum atomic E-state index is -1.23. The molecule has 42 heavy (non-hydrogen) atoms. The van der Waals surface area contributed by atoms with E-state index in [9.17, 15) is 9.18 Å². The topological polar surface area (TPSA) is 103 Å². The number of halogens is 1. The Morgan fingerprint density at radius 3 is 2.67 bits per heavy atom. The monoisotopic (exact) mass is 572 g/mol. The van der Waals surface area contributed by atoms with E-state index in [-0.39, 0.29) is 11.7 Å². The van der Waals surface area contributed by atoms with Gasteiger partial charge in [0, 0.05) is 18.6 Å². The van der Waals surface area contributed by atoms with Crippen molar-refractivity contribution in [3.63, 3.8) is 0 Å². The number of hydrogen-bond donors (Lipinski definition) is 1. The van der Waals surface area contributed by atoms with Crippen molar-refractivity contribution in [2.75, 3.05) is 13.1 Å². The number of aliphatic carboxylic acids is 1. The molecule has 6 rings (SSSR count). The number of carbonyl (C=O) groups is 1. The highest BCUT2D eigenvalue weighted by Gasteiger charge is 2.42. The number of aryl methyl sites for hydroxylation is 2. The van der Waals surface area contributed by atoms with Crippen molar-refractivity contribution in [3.05, 3.63) is 101 Å². The van der Waals surface area contributed by atoms with Crippen LogP contribution in [0.4, 0.5) is 4.39 Å². The van der Waals surface area contributed by atoms with Crippen LogP contribution >= 0.6 is 0 Å². The minimum absolute atomic E-state index is 0.260. The Morgan fingerprint density at radius 1 is 1.14 bits per heavy atom. The number of imidazole rings is 1. The number of nitrogens with zero attached hydrogens (tertiary/aromatic N) is 4. The molecule has 0 amide bonds. The standard InChI is InChI=1S/C32H33FN4O5/c1-20-7-9-25(26(33)15-20)32(3)41-27-6-4-5-24(31(27)42-32)22-11-13-36(14-12-22)18-29-34-16-23(8-10-30(38)39)37(29)17-28-21(2)35-19-40-28/h4-10,15-16,19,22H,11-14,17-18H2,1-3H3,(H,38,39)/b10-8+. The van der Waals surface area contributed by atoms with Crippen molar-refractivity contribution in [3.8, 4) is 11.5 Å². The molecule has 0 saturated carbocycles. The van der Waals surface area contributed by atoms with Gasteiger partial charge in [-0.1, -0.05) is 18.2 Å². The van der Waals surface area contributed by atoms with E-state index in [0.717, 1.165) is 54.7 Å². The van der Waals surface area contributed by atoms with E-state index in [2.05, 4.69) is 20.9 Å². The SMILES string of the molecule is Cc1ccc(C2(C)Oc3cccc(C4CCN(Cc5ncc(/C=C/C(=O)O)n5Cc5ocnc5C)CC4)c3O2)c(F)c1. The molecule has 4 heterocycles. The van der Waals surface area contributed by atoms with Crippen molar-refractivity contribution in [2.24, 2.45) is 0 Å². The third kappa shape index (κ3) is 5.42. The lowest BCUT2D eigenvalue weighted by molar-refractivity contribution is -0.131. The predicted octanol–water partition coefficient (Wildman–Crippen LogP) is 5.80. The summed E-state index contributed by atoms with van der Waals surface area (Å²) in [6, 6.07) is 11.0. The largest absolute Gasteiger partial charge is 0.478 e. The fourth-order valence-electron chi connectivity index (χ4n) is 5.82. The van der Waals surface area contributed by atoms with E-state index >= 15 is 0 Å². The van der Waals surface area contributed by atoms with Gasteiger partial charge in [0.15, 0.2) is 17.9 Å². The van der Waals surface area contributed by atoms with Gasteiger partial charge in [0.1, 0.15) is 17.4 Å². The Hall–Kier alpha value is -4.44. The van der Waals surface area contributed by atoms with Gasteiger partial charge in [-0.25, -0.2) is 19.2 Å². The van der Waals surface area contributed by atoms with Crippen LogP contribution in [-0.4, -0.2) is 43.6 Å². The summed E-state index contributed by atoms with van der Waals surface area (Å²) in [4.78, 5) is 22.3. The first-order valence-electron chi connectivity index (χ1n) is 14.0. The quantitative estimate of drug-likeness (QED) is 0.265. The molecule has 1 unspecified atom stereocenters. The lowest BCUT2D eigenvalue weighted by atomic mass is 9.88. The molecule has 0 radical (unpaired) electrons. The predicted molar refractivity (Wildman–Crippen MR) is 153 cm³/mol. The van der Waals surface area contributed by atoms with Crippen LogP contribution in [0.15, 0.2) is 59.5 Å². The molecule has 2 aromatic carbocycles. The number of ether oxygens (including phenoxy) is 2. The summed E-state index contributed by atoms with van der Waals surface area (Å²) >= 11 is 0. The first-order chi connectivity index (χ1) is 20.2. The van der Waals surface area contributed by atoms with Crippen LogP contribution in [0, 0.1) is 19.7 Å². The molecule has 1 atom stereocenters. The van der Waals surface area contributed by atoms with Gasteiger partial charge in [0.25, 0.3) is 5.79 Å². The number of carboxylic acids is 1. The number of rotatable bonds is 8. The number of piperidine rings is 1. The number of oxazole rings is 1. The molecule has 9 nitrogen and oxygen atoms in total. The zero-order valence-electron chi connectivity index (χ0n) is 23.8. The van der Waals surface area contributed by atoms with E-state index in [1.807, 2.05) is 36.6 Å². The Kier molecular flexibility index (Phi) is 7.32. The van der Waals surface area contributed by atoms with Gasteiger partial charge in [-0.2, -0.15) is 0 Å². The molecule has 0 spiro atoms. The van der Waals surface area contributed by atoms with Crippen molar-refractivity contribution in [2.45, 2.75) is 58.4 Å². The van der Waals surface area contributed by atoms with Crippen LogP contribution in [0.2, 0.25) is 0 Å². The van der Waals surface area contributed by atoms with Crippen LogP contribution in [0.5, 0.6) is 11.5 Å². The van der Waals surface area contributed by atoms with E-state index in [1.165, 1.54) is 12.5 Å². The van der Waals surface area contributed by atoms with Gasteiger partial charge in [0.05, 0.1) is 36.2 Å². The lowest BCUT2D eigenvalue weighted by Crippen LogP contribution is -2.34. The second-order valence-electron chi connectivity index (χ2n) is 11.1. The fraction of sp³-hybridized carbons (Fsp3) is 0.344. The highest BCUT2D eigenvalue weighted by Crippen LogP contribution is 2.49. The lowest BCUT2D eigenvalue weighted by Gasteiger charge is -2.32. The smallest absolute Gasteiger partial charge is 0.328 e. The molecule has 1 saturated heterocycles. The molecule has 1 N–H and O–H groups in total. The molecular formula is C32H33FN4O5. The van der Waals surface area contributed by atoms with Gasteiger partial charge in [-0.15, -0.1) is 0 Å². The van der Waals surface area contributed by atoms with Gasteiger partial charge in [-0.3, -0.25) is 4.90 Å². The average Bonchev–Trinajstić information content (AvgIpc) is 3.64. The number of carboxylic acid groups (broad SMARTS) is 1. The van der Waals surface area contributed by atoms with Crippen LogP contribution in [0.1, 0.15) is 65.3 Å². The van der Waals surface area contributed by atoms with Crippen LogP contribution < -0.4 is 9.47 Å². The normalized spacial score (nSPS) is 19.1. The second-order valence-corrected chi connectivity index (χ2v) is 11.1. The Morgan fingerprint density at radius 2 is 1.95 bits per heavy atom. The number of hydrogen-bond acceptors (Lipinski definition) is 7. The molecule has 2 aliphatic rings. The molecule has 2 aromatic heterocycles. The van der Waals surface area contributed by atoms with Gasteiger partial charge in [0.2, 0.25) is 0 Å². The number of likely N-dealkylation sites (tertiary alicyclic amines) is 1. The summed E-state index contributed by atoms with van der Waals surface area (Å²) in [5, 5.41) is 9.13. The third-order valence-corrected chi connectivity index (χ3v) is 8.13. The fourth-order valence-corrected chi connectivity index (χ4v) is 5.82. The summed E-state index contributed by atoms with van der Waals surface area (Å²) in [7, 11) is 0. The minimum Gasteiger partial charge on any atom is -0.478 e. The maximum Gasteiger partial charge on any atom is 0.328 e. The average molecular weight is 573 g/mol. The molecule has 1 fully saturated rings. The Bertz CT molecular complexity index is 1650. The van der Waals surface area contributed by atoms with E-state index < -0.39 is 11.8 Å². The molecule has 2 aliphatic heterocycles. The van der Waals surface area contributed by atoms with Crippen molar-refractivity contribution >= 4 is 12.0 Å². The number of para-hydroxylation sites is 1. The van der Waals surface area contributed by atoms with Crippen molar-refractivity contribution in [1.29, 1.82) is 0 Å². The van der Waals surface area contributed by atoms with Gasteiger partial charge >= 0.3 is 5.97 Å². The Balaban J connectivity index is 1.16. The summed E-state index contributed by atoms with van der Waals surface area (Å²) in [6.45, 7) is 8.19. The summed E-state index contributed by atoms with van der Waals surface area (Å²) < 4.78 is 35.0. The highest BCUT2D eigenvalue weighted by atomic mass is 19.1. The second kappa shape index (κ2) is 11.1. The van der Waals surface area contributed by atoms with Crippen LogP contribution in [0.3, 0.4) is 0 Å². The molecule has 0 aliphatic carbocycles. The first-order valence-corrected chi connectivity index (χ1v) is 14.0. The molecule has 10 heteroatoms. The van der Waals surface area contributed by atoms with E-state index in [1.54, 1.807) is 25.3 Å². The van der Waals surface area contributed by atoms with Crippen LogP contribution in [-0.2, 0) is 23.7 Å². The maximum absolute atomic E-state index is 14.9. The third-order valence-electron chi connectivity index (χ3n) is 8.13. The Labute approximate surface area is 243 Å². The summed E-state index contributed by atoms with van der Waals surface area (Å²) in [5.74, 6) is 0.499. The zero-order chi connectivity index (χ0) is 29.4. The number of fused-ring (bicyclic) bond motifs is 1. The number of benzene rings is 2. The van der Waals surface area contributed by atoms with E-state index in [4.69, 9.17) is 19.0 Å². The van der Waals surface area contributed by atoms with E-state index in [0.29, 0.717) is 41.6 Å². The summed E-state index contributed by atoms with van der Waals surface area (Å²) in [6.07, 6.45) is 7.56.